The molecule has 7 nitrogen and oxygen atoms in total. The average Bonchev–Trinajstić information content (AvgIpc) is 3.12. The normalized spacial score (nSPS) is 22.3. The Morgan fingerprint density at radius 2 is 1.66 bits per heavy atom. The van der Waals surface area contributed by atoms with Crippen LogP contribution in [0, 0.1) is 5.92 Å². The van der Waals surface area contributed by atoms with Gasteiger partial charge >= 0.3 is 0 Å². The zero-order chi connectivity index (χ0) is 23.3. The minimum Gasteiger partial charge on any atom is -0.276 e. The van der Waals surface area contributed by atoms with Gasteiger partial charge in [-0.3, -0.25) is 24.7 Å². The van der Waals surface area contributed by atoms with E-state index < -0.39 is 16.7 Å². The number of carbonyl (C=O) groups excluding carboxylic acids is 3. The molecule has 2 aliphatic rings. The lowest BCUT2D eigenvalue weighted by atomic mass is 10.1. The number of aliphatic imine (C=N–C) groups is 1. The van der Waals surface area contributed by atoms with Crippen molar-refractivity contribution in [2.24, 2.45) is 10.9 Å². The van der Waals surface area contributed by atoms with Crippen LogP contribution in [-0.2, 0) is 14.4 Å². The van der Waals surface area contributed by atoms with E-state index in [2.05, 4.69) is 26.3 Å². The topological polar surface area (TPSA) is 82.1 Å². The van der Waals surface area contributed by atoms with Crippen molar-refractivity contribution in [1.29, 1.82) is 0 Å². The second-order valence-electron chi connectivity index (χ2n) is 7.17. The molecular formula is C20H13BrCl4N4O3. The maximum Gasteiger partial charge on any atom is 0.267 e. The van der Waals surface area contributed by atoms with Crippen LogP contribution in [0.5, 0.6) is 0 Å². The number of hydrogen-bond acceptors (Lipinski definition) is 4. The number of imide groups is 1. The first-order chi connectivity index (χ1) is 15.1. The Morgan fingerprint density at radius 1 is 1.00 bits per heavy atom. The molecule has 166 valence electrons. The Hall–Kier alpha value is -1.84. The summed E-state index contributed by atoms with van der Waals surface area (Å²) in [6.45, 7) is 1.70. The largest absolute Gasteiger partial charge is 0.276 e. The van der Waals surface area contributed by atoms with E-state index in [-0.39, 0.29) is 50.5 Å². The van der Waals surface area contributed by atoms with E-state index in [1.165, 1.54) is 24.3 Å². The zero-order valence-corrected chi connectivity index (χ0v) is 20.8. The summed E-state index contributed by atoms with van der Waals surface area (Å²) in [7, 11) is 0. The average molecular weight is 579 g/mol. The number of alkyl halides is 1. The van der Waals surface area contributed by atoms with Gasteiger partial charge in [-0.15, -0.1) is 0 Å². The minimum atomic E-state index is -0.847. The van der Waals surface area contributed by atoms with Gasteiger partial charge in [0.15, 0.2) is 4.83 Å². The summed E-state index contributed by atoms with van der Waals surface area (Å²) in [5.41, 5.74) is 3.70. The molecule has 2 heterocycles. The van der Waals surface area contributed by atoms with Crippen LogP contribution in [0.2, 0.25) is 20.1 Å². The van der Waals surface area contributed by atoms with Gasteiger partial charge in [-0.2, -0.15) is 0 Å². The molecule has 4 rings (SSSR count). The molecule has 2 aromatic rings. The van der Waals surface area contributed by atoms with Gasteiger partial charge in [0.25, 0.3) is 5.91 Å². The fourth-order valence-corrected chi connectivity index (χ4v) is 4.92. The summed E-state index contributed by atoms with van der Waals surface area (Å²) >= 11 is 28.0. The van der Waals surface area contributed by atoms with Crippen LogP contribution in [0.25, 0.3) is 0 Å². The third kappa shape index (κ3) is 4.10. The molecule has 0 aliphatic carbocycles. The highest BCUT2D eigenvalue weighted by Crippen LogP contribution is 2.39. The number of nitrogens with one attached hydrogen (secondary N) is 1. The number of rotatable bonds is 3. The molecular weight excluding hydrogens is 566 g/mol. The molecule has 2 aliphatic heterocycles. The molecule has 0 radical (unpaired) electrons. The molecule has 3 amide bonds. The molecule has 0 aromatic heterocycles. The first-order valence-corrected chi connectivity index (χ1v) is 11.7. The van der Waals surface area contributed by atoms with Gasteiger partial charge in [0.1, 0.15) is 11.5 Å². The van der Waals surface area contributed by atoms with Gasteiger partial charge in [0, 0.05) is 17.4 Å². The van der Waals surface area contributed by atoms with Crippen molar-refractivity contribution in [2.75, 3.05) is 9.91 Å². The number of amidine groups is 1. The number of hydrazine groups is 1. The van der Waals surface area contributed by atoms with E-state index >= 15 is 0 Å². The quantitative estimate of drug-likeness (QED) is 0.383. The predicted octanol–water partition coefficient (Wildman–Crippen LogP) is 5.54. The lowest BCUT2D eigenvalue weighted by Gasteiger charge is -2.19. The van der Waals surface area contributed by atoms with Crippen molar-refractivity contribution >= 4 is 103 Å². The van der Waals surface area contributed by atoms with Gasteiger partial charge in [-0.25, -0.2) is 10.0 Å². The molecule has 2 unspecified atom stereocenters. The van der Waals surface area contributed by atoms with Gasteiger partial charge in [-0.1, -0.05) is 69.3 Å². The maximum absolute atomic E-state index is 12.8. The first-order valence-electron chi connectivity index (χ1n) is 9.22. The Balaban J connectivity index is 1.70. The van der Waals surface area contributed by atoms with E-state index in [9.17, 15) is 14.4 Å². The second kappa shape index (κ2) is 8.83. The van der Waals surface area contributed by atoms with Gasteiger partial charge in [0.05, 0.1) is 26.4 Å². The SMILES string of the molecule is CC1CC(=O)N(c2ccc(Cl)c(N=C3NN(c4c(Cl)cc(Cl)cc4Cl)C(=O)C3Br)c2)C1=O. The summed E-state index contributed by atoms with van der Waals surface area (Å²) in [6.07, 6.45) is 0.141. The minimum absolute atomic E-state index is 0.141. The third-order valence-electron chi connectivity index (χ3n) is 4.91. The smallest absolute Gasteiger partial charge is 0.267 e. The lowest BCUT2D eigenvalue weighted by molar-refractivity contribution is -0.122. The highest BCUT2D eigenvalue weighted by Gasteiger charge is 2.39. The predicted molar refractivity (Wildman–Crippen MR) is 130 cm³/mol. The number of halogens is 5. The van der Waals surface area contributed by atoms with Crippen LogP contribution in [0.15, 0.2) is 35.3 Å². The van der Waals surface area contributed by atoms with Crippen LogP contribution in [0.3, 0.4) is 0 Å². The molecule has 2 fully saturated rings. The molecule has 0 spiro atoms. The fraction of sp³-hybridized carbons (Fsp3) is 0.200. The second-order valence-corrected chi connectivity index (χ2v) is 9.75. The molecule has 0 saturated carbocycles. The standard InChI is InChI=1S/C20H13BrCl4N4O3/c1-8-4-15(30)28(19(8)31)10-2-3-11(23)14(7-10)26-18-16(21)20(32)29(27-18)17-12(24)5-9(22)6-13(17)25/h2-3,5-8,16H,4H2,1H3,(H,26,27). The van der Waals surface area contributed by atoms with Gasteiger partial charge < -0.3 is 0 Å². The van der Waals surface area contributed by atoms with Gasteiger partial charge in [-0.05, 0) is 30.3 Å². The molecule has 2 atom stereocenters. The monoisotopic (exact) mass is 576 g/mol. The summed E-state index contributed by atoms with van der Waals surface area (Å²) in [5.74, 6) is -1.18. The van der Waals surface area contributed by atoms with Crippen molar-refractivity contribution in [3.63, 3.8) is 0 Å². The van der Waals surface area contributed by atoms with Crippen LogP contribution >= 0.6 is 62.3 Å². The molecule has 0 bridgehead atoms. The summed E-state index contributed by atoms with van der Waals surface area (Å²) in [6, 6.07) is 7.54. The van der Waals surface area contributed by atoms with Crippen molar-refractivity contribution in [3.8, 4) is 0 Å². The Morgan fingerprint density at radius 3 is 2.25 bits per heavy atom. The van der Waals surface area contributed by atoms with E-state index in [0.29, 0.717) is 10.7 Å². The van der Waals surface area contributed by atoms with Crippen LogP contribution in [0.1, 0.15) is 13.3 Å². The van der Waals surface area contributed by atoms with Gasteiger partial charge in [0.2, 0.25) is 11.8 Å². The van der Waals surface area contributed by atoms with Crippen LogP contribution < -0.4 is 15.3 Å². The highest BCUT2D eigenvalue weighted by atomic mass is 79.9. The summed E-state index contributed by atoms with van der Waals surface area (Å²) < 4.78 is 0. The zero-order valence-electron chi connectivity index (χ0n) is 16.2. The van der Waals surface area contributed by atoms with Crippen LogP contribution in [-0.4, -0.2) is 28.4 Å². The number of hydrogen-bond donors (Lipinski definition) is 1. The summed E-state index contributed by atoms with van der Waals surface area (Å²) in [4.78, 5) is 42.2. The van der Waals surface area contributed by atoms with Crippen molar-refractivity contribution in [3.05, 3.63) is 50.4 Å². The number of carbonyl (C=O) groups is 3. The van der Waals surface area contributed by atoms with E-state index in [1.54, 1.807) is 13.0 Å². The van der Waals surface area contributed by atoms with Crippen molar-refractivity contribution < 1.29 is 14.4 Å². The Labute approximate surface area is 211 Å². The maximum atomic E-state index is 12.8. The molecule has 12 heteroatoms. The first kappa shape index (κ1) is 23.3. The highest BCUT2D eigenvalue weighted by molar-refractivity contribution is 9.10. The Bertz CT molecular complexity index is 1180. The fourth-order valence-electron chi connectivity index (χ4n) is 3.36. The number of amides is 3. The molecule has 2 aromatic carbocycles. The van der Waals surface area contributed by atoms with Crippen LogP contribution in [0.4, 0.5) is 17.1 Å². The molecule has 32 heavy (non-hydrogen) atoms. The van der Waals surface area contributed by atoms with Crippen molar-refractivity contribution in [2.45, 2.75) is 18.2 Å². The number of nitrogens with zero attached hydrogens (tertiary/aromatic N) is 3. The third-order valence-corrected chi connectivity index (χ3v) is 6.85. The number of benzene rings is 2. The Kier molecular flexibility index (Phi) is 6.44. The lowest BCUT2D eigenvalue weighted by Crippen LogP contribution is -2.36. The number of anilines is 2. The molecule has 1 N–H and O–H groups in total. The van der Waals surface area contributed by atoms with E-state index in [1.807, 2.05) is 0 Å². The van der Waals surface area contributed by atoms with E-state index in [4.69, 9.17) is 46.4 Å². The molecule has 2 saturated heterocycles. The van der Waals surface area contributed by atoms with E-state index in [0.717, 1.165) is 9.91 Å². The summed E-state index contributed by atoms with van der Waals surface area (Å²) in [5, 5.41) is 2.09. The van der Waals surface area contributed by atoms with Crippen molar-refractivity contribution in [1.82, 2.24) is 5.43 Å².